The number of fused-ring (bicyclic) bond motifs is 1. The van der Waals surface area contributed by atoms with Crippen LogP contribution in [-0.4, -0.2) is 34.3 Å². The van der Waals surface area contributed by atoms with Crippen LogP contribution in [0.25, 0.3) is 10.8 Å². The molecule has 27 heavy (non-hydrogen) atoms. The normalized spacial score (nSPS) is 19.4. The Morgan fingerprint density at radius 2 is 2.00 bits per heavy atom. The molecule has 1 fully saturated rings. The number of urea groups is 1. The van der Waals surface area contributed by atoms with E-state index in [9.17, 15) is 14.4 Å². The van der Waals surface area contributed by atoms with Gasteiger partial charge < -0.3 is 10.6 Å². The number of hydrogen-bond donors (Lipinski definition) is 2. The van der Waals surface area contributed by atoms with E-state index < -0.39 is 23.4 Å². The predicted molar refractivity (Wildman–Crippen MR) is 102 cm³/mol. The maximum absolute atomic E-state index is 13.0. The summed E-state index contributed by atoms with van der Waals surface area (Å²) in [5.74, 6) is -0.937. The van der Waals surface area contributed by atoms with Crippen LogP contribution in [0.5, 0.6) is 0 Å². The molecule has 1 aliphatic rings. The van der Waals surface area contributed by atoms with E-state index in [1.165, 1.54) is 11.3 Å². The van der Waals surface area contributed by atoms with E-state index in [1.54, 1.807) is 18.5 Å². The highest BCUT2D eigenvalue weighted by molar-refractivity contribution is 7.13. The van der Waals surface area contributed by atoms with Gasteiger partial charge in [-0.25, -0.2) is 9.78 Å². The molecule has 2 aromatic carbocycles. The van der Waals surface area contributed by atoms with E-state index in [4.69, 9.17) is 0 Å². The lowest BCUT2D eigenvalue weighted by Gasteiger charge is -2.22. The van der Waals surface area contributed by atoms with E-state index in [0.29, 0.717) is 10.7 Å². The minimum Gasteiger partial charge on any atom is -0.319 e. The van der Waals surface area contributed by atoms with Gasteiger partial charge in [0.25, 0.3) is 5.91 Å². The number of nitrogens with zero attached hydrogens (tertiary/aromatic N) is 2. The number of anilines is 1. The Morgan fingerprint density at radius 1 is 1.22 bits per heavy atom. The van der Waals surface area contributed by atoms with Crippen LogP contribution in [0, 0.1) is 0 Å². The summed E-state index contributed by atoms with van der Waals surface area (Å²) in [5.41, 5.74) is -0.551. The molecule has 2 N–H and O–H groups in total. The molecule has 3 aromatic rings. The van der Waals surface area contributed by atoms with Crippen LogP contribution in [0.2, 0.25) is 0 Å². The van der Waals surface area contributed by atoms with Gasteiger partial charge in [-0.2, -0.15) is 0 Å². The zero-order valence-corrected chi connectivity index (χ0v) is 15.2. The van der Waals surface area contributed by atoms with Crippen molar-refractivity contribution in [3.05, 3.63) is 59.6 Å². The number of hydrogen-bond acceptors (Lipinski definition) is 5. The minimum atomic E-state index is -1.22. The molecule has 8 heteroatoms. The largest absolute Gasteiger partial charge is 0.325 e. The topological polar surface area (TPSA) is 91.4 Å². The van der Waals surface area contributed by atoms with Crippen LogP contribution in [0.1, 0.15) is 12.5 Å². The molecule has 0 saturated carbocycles. The van der Waals surface area contributed by atoms with Crippen LogP contribution in [0.4, 0.5) is 9.93 Å². The Hall–Kier alpha value is -3.26. The summed E-state index contributed by atoms with van der Waals surface area (Å²) in [5, 5.41) is 9.45. The van der Waals surface area contributed by atoms with Crippen molar-refractivity contribution in [1.29, 1.82) is 0 Å². The maximum atomic E-state index is 13.0. The van der Waals surface area contributed by atoms with Crippen LogP contribution in [0.3, 0.4) is 0 Å². The van der Waals surface area contributed by atoms with Gasteiger partial charge in [0.15, 0.2) is 5.13 Å². The molecule has 0 spiro atoms. The number of aromatic nitrogens is 1. The quantitative estimate of drug-likeness (QED) is 0.681. The monoisotopic (exact) mass is 380 g/mol. The predicted octanol–water partition coefficient (Wildman–Crippen LogP) is 2.70. The Morgan fingerprint density at radius 3 is 2.74 bits per heavy atom. The number of thiazole rings is 1. The molecular formula is C19H16N4O3S. The lowest BCUT2D eigenvalue weighted by Crippen LogP contribution is -2.42. The number of carbonyl (C=O) groups is 3. The van der Waals surface area contributed by atoms with Gasteiger partial charge in [0.2, 0.25) is 5.91 Å². The van der Waals surface area contributed by atoms with E-state index in [-0.39, 0.29) is 6.54 Å². The zero-order chi connectivity index (χ0) is 19.0. The van der Waals surface area contributed by atoms with Crippen molar-refractivity contribution in [3.8, 4) is 0 Å². The van der Waals surface area contributed by atoms with Crippen molar-refractivity contribution in [2.45, 2.75) is 12.5 Å². The molecule has 136 valence electrons. The number of carbonyl (C=O) groups excluding carboxylic acids is 3. The molecule has 1 aromatic heterocycles. The smallest absolute Gasteiger partial charge is 0.319 e. The highest BCUT2D eigenvalue weighted by atomic mass is 32.1. The van der Waals surface area contributed by atoms with Crippen molar-refractivity contribution < 1.29 is 14.4 Å². The molecule has 2 heterocycles. The fraction of sp³-hybridized carbons (Fsp3) is 0.158. The van der Waals surface area contributed by atoms with E-state index >= 15 is 0 Å². The average Bonchev–Trinajstić information content (AvgIpc) is 3.24. The van der Waals surface area contributed by atoms with Crippen molar-refractivity contribution in [2.24, 2.45) is 0 Å². The summed E-state index contributed by atoms with van der Waals surface area (Å²) in [7, 11) is 0. The summed E-state index contributed by atoms with van der Waals surface area (Å²) in [6.45, 7) is 1.28. The third-order valence-electron chi connectivity index (χ3n) is 4.58. The van der Waals surface area contributed by atoms with Gasteiger partial charge >= 0.3 is 6.03 Å². The van der Waals surface area contributed by atoms with Gasteiger partial charge in [-0.05, 0) is 29.3 Å². The van der Waals surface area contributed by atoms with Crippen molar-refractivity contribution in [1.82, 2.24) is 15.2 Å². The molecule has 1 aliphatic heterocycles. The summed E-state index contributed by atoms with van der Waals surface area (Å²) in [6.07, 6.45) is 1.56. The Balaban J connectivity index is 1.57. The fourth-order valence-electron chi connectivity index (χ4n) is 3.12. The average molecular weight is 380 g/mol. The van der Waals surface area contributed by atoms with Crippen molar-refractivity contribution >= 4 is 45.1 Å². The minimum absolute atomic E-state index is 0.368. The van der Waals surface area contributed by atoms with Gasteiger partial charge in [0.1, 0.15) is 12.1 Å². The van der Waals surface area contributed by atoms with Gasteiger partial charge in [-0.15, -0.1) is 11.3 Å². The van der Waals surface area contributed by atoms with Gasteiger partial charge in [0, 0.05) is 11.6 Å². The SMILES string of the molecule is CC1(c2ccc3ccccc3c2)NC(=O)N(CC(=O)Nc2nccs2)C1=O. The molecule has 1 unspecified atom stereocenters. The highest BCUT2D eigenvalue weighted by Crippen LogP contribution is 2.31. The summed E-state index contributed by atoms with van der Waals surface area (Å²) in [4.78, 5) is 42.4. The molecule has 1 atom stereocenters. The van der Waals surface area contributed by atoms with Crippen LogP contribution < -0.4 is 10.6 Å². The Kier molecular flexibility index (Phi) is 4.12. The molecule has 0 radical (unpaired) electrons. The summed E-state index contributed by atoms with van der Waals surface area (Å²) in [6, 6.07) is 12.8. The van der Waals surface area contributed by atoms with E-state index in [1.807, 2.05) is 42.5 Å². The van der Waals surface area contributed by atoms with Gasteiger partial charge in [0.05, 0.1) is 0 Å². The van der Waals surface area contributed by atoms with E-state index in [2.05, 4.69) is 15.6 Å². The maximum Gasteiger partial charge on any atom is 0.325 e. The summed E-state index contributed by atoms with van der Waals surface area (Å²) >= 11 is 1.26. The zero-order valence-electron chi connectivity index (χ0n) is 14.4. The lowest BCUT2D eigenvalue weighted by atomic mass is 9.90. The second-order valence-corrected chi connectivity index (χ2v) is 7.29. The number of imide groups is 1. The molecule has 0 bridgehead atoms. The van der Waals surface area contributed by atoms with Gasteiger partial charge in [-0.3, -0.25) is 14.5 Å². The summed E-state index contributed by atoms with van der Waals surface area (Å²) < 4.78 is 0. The molecular weight excluding hydrogens is 364 g/mol. The third kappa shape index (κ3) is 3.04. The van der Waals surface area contributed by atoms with E-state index in [0.717, 1.165) is 15.7 Å². The Labute approximate surface area is 159 Å². The standard InChI is InChI=1S/C19H16N4O3S/c1-19(14-7-6-12-4-2-3-5-13(12)10-14)16(25)23(18(26)22-19)11-15(24)21-17-20-8-9-27-17/h2-10H,11H2,1H3,(H,22,26)(H,20,21,24). The first-order valence-corrected chi connectivity index (χ1v) is 9.18. The number of benzene rings is 2. The van der Waals surface area contributed by atoms with Crippen molar-refractivity contribution in [2.75, 3.05) is 11.9 Å². The first kappa shape index (κ1) is 17.2. The number of rotatable bonds is 4. The first-order chi connectivity index (χ1) is 13.0. The molecule has 4 rings (SSSR count). The van der Waals surface area contributed by atoms with Crippen molar-refractivity contribution in [3.63, 3.8) is 0 Å². The number of amides is 4. The molecule has 7 nitrogen and oxygen atoms in total. The highest BCUT2D eigenvalue weighted by Gasteiger charge is 2.49. The second-order valence-electron chi connectivity index (χ2n) is 6.39. The van der Waals surface area contributed by atoms with Crippen LogP contribution >= 0.6 is 11.3 Å². The first-order valence-electron chi connectivity index (χ1n) is 8.30. The third-order valence-corrected chi connectivity index (χ3v) is 5.27. The lowest BCUT2D eigenvalue weighted by molar-refractivity contribution is -0.133. The molecule has 1 saturated heterocycles. The molecule has 0 aliphatic carbocycles. The second kappa shape index (κ2) is 6.48. The fourth-order valence-corrected chi connectivity index (χ4v) is 3.67. The Bertz CT molecular complexity index is 1050. The van der Waals surface area contributed by atoms with Gasteiger partial charge in [-0.1, -0.05) is 36.4 Å². The van der Waals surface area contributed by atoms with Crippen LogP contribution in [0.15, 0.2) is 54.0 Å². The number of nitrogens with one attached hydrogen (secondary N) is 2. The molecule has 4 amide bonds. The van der Waals surface area contributed by atoms with Crippen LogP contribution in [-0.2, 0) is 15.1 Å².